The Labute approximate surface area is 112 Å². The molecule has 96 valence electrons. The number of nitriles is 1. The Morgan fingerprint density at radius 2 is 2.05 bits per heavy atom. The molecule has 1 N–H and O–H groups in total. The molecule has 0 aliphatic rings. The molecule has 0 atom stereocenters. The maximum atomic E-state index is 8.71. The van der Waals surface area contributed by atoms with Crippen molar-refractivity contribution < 1.29 is 4.74 Å². The van der Waals surface area contributed by atoms with E-state index in [0.717, 1.165) is 23.7 Å². The molecule has 4 nitrogen and oxygen atoms in total. The lowest BCUT2D eigenvalue weighted by molar-refractivity contribution is 0.306. The van der Waals surface area contributed by atoms with Gasteiger partial charge in [0.25, 0.3) is 0 Å². The Hall–Kier alpha value is -2.54. The van der Waals surface area contributed by atoms with Gasteiger partial charge < -0.3 is 10.1 Å². The molecule has 0 radical (unpaired) electrons. The number of nitrogens with zero attached hydrogens (tertiary/aromatic N) is 2. The van der Waals surface area contributed by atoms with Crippen LogP contribution in [0.3, 0.4) is 0 Å². The summed E-state index contributed by atoms with van der Waals surface area (Å²) >= 11 is 0. The molecule has 0 aliphatic carbocycles. The molecule has 2 aromatic rings. The average Bonchev–Trinajstić information content (AvgIpc) is 2.46. The number of hydrogen-bond acceptors (Lipinski definition) is 4. The van der Waals surface area contributed by atoms with E-state index in [0.29, 0.717) is 12.2 Å². The van der Waals surface area contributed by atoms with Crippen LogP contribution in [0, 0.1) is 11.3 Å². The van der Waals surface area contributed by atoms with Gasteiger partial charge in [-0.05, 0) is 48.9 Å². The van der Waals surface area contributed by atoms with Crippen molar-refractivity contribution in [1.29, 1.82) is 5.26 Å². The van der Waals surface area contributed by atoms with Crippen LogP contribution in [0.5, 0.6) is 5.75 Å². The van der Waals surface area contributed by atoms with Crippen molar-refractivity contribution in [3.05, 3.63) is 53.7 Å². The lowest BCUT2D eigenvalue weighted by atomic mass is 10.2. The minimum absolute atomic E-state index is 0.479. The van der Waals surface area contributed by atoms with Gasteiger partial charge in [-0.1, -0.05) is 0 Å². The minimum Gasteiger partial charge on any atom is -0.489 e. The summed E-state index contributed by atoms with van der Waals surface area (Å²) in [6.45, 7) is 3.35. The van der Waals surface area contributed by atoms with Gasteiger partial charge in [-0.3, -0.25) is 0 Å². The summed E-state index contributed by atoms with van der Waals surface area (Å²) in [7, 11) is 0. The third kappa shape index (κ3) is 3.71. The molecule has 0 bridgehead atoms. The zero-order chi connectivity index (χ0) is 13.5. The molecule has 1 aromatic heterocycles. The Morgan fingerprint density at radius 1 is 1.26 bits per heavy atom. The predicted molar refractivity (Wildman–Crippen MR) is 73.9 cm³/mol. The number of aromatic nitrogens is 1. The highest BCUT2D eigenvalue weighted by Crippen LogP contribution is 2.14. The molecule has 0 aliphatic heterocycles. The number of pyridine rings is 1. The monoisotopic (exact) mass is 253 g/mol. The quantitative estimate of drug-likeness (QED) is 0.890. The first-order valence-electron chi connectivity index (χ1n) is 6.13. The van der Waals surface area contributed by atoms with Gasteiger partial charge in [0.2, 0.25) is 0 Å². The van der Waals surface area contributed by atoms with Crippen molar-refractivity contribution in [2.45, 2.75) is 13.5 Å². The zero-order valence-corrected chi connectivity index (χ0v) is 10.8. The van der Waals surface area contributed by atoms with Gasteiger partial charge in [-0.15, -0.1) is 0 Å². The van der Waals surface area contributed by atoms with Gasteiger partial charge >= 0.3 is 0 Å². The first kappa shape index (κ1) is 12.9. The second-order valence-electron chi connectivity index (χ2n) is 4.00. The second kappa shape index (κ2) is 6.41. The van der Waals surface area contributed by atoms with Crippen LogP contribution in [0.1, 0.15) is 18.1 Å². The lowest BCUT2D eigenvalue weighted by Gasteiger charge is -2.08. The smallest absolute Gasteiger partial charge is 0.126 e. The summed E-state index contributed by atoms with van der Waals surface area (Å²) in [6, 6.07) is 13.0. The van der Waals surface area contributed by atoms with E-state index >= 15 is 0 Å². The van der Waals surface area contributed by atoms with Gasteiger partial charge in [0.1, 0.15) is 18.2 Å². The lowest BCUT2D eigenvalue weighted by Crippen LogP contribution is -2.01. The average molecular weight is 253 g/mol. The van der Waals surface area contributed by atoms with Crippen LogP contribution in [0.25, 0.3) is 0 Å². The van der Waals surface area contributed by atoms with E-state index in [4.69, 9.17) is 10.00 Å². The van der Waals surface area contributed by atoms with Crippen LogP contribution in [0.15, 0.2) is 42.6 Å². The third-order valence-corrected chi connectivity index (χ3v) is 2.57. The molecule has 0 fully saturated rings. The Bertz CT molecular complexity index is 573. The number of nitrogens with one attached hydrogen (secondary N) is 1. The Balaban J connectivity index is 1.97. The standard InChI is InChI=1S/C15H15N3O/c1-2-17-15-9-13(7-8-18-15)11-19-14-5-3-12(10-16)4-6-14/h3-9H,2,11H2,1H3,(H,17,18). The SMILES string of the molecule is CCNc1cc(COc2ccc(C#N)cc2)ccn1. The van der Waals surface area contributed by atoms with E-state index in [9.17, 15) is 0 Å². The second-order valence-corrected chi connectivity index (χ2v) is 4.00. The molecule has 1 heterocycles. The van der Waals surface area contributed by atoms with Crippen LogP contribution in [0.2, 0.25) is 0 Å². The Kier molecular flexibility index (Phi) is 4.35. The van der Waals surface area contributed by atoms with Crippen molar-refractivity contribution in [2.75, 3.05) is 11.9 Å². The van der Waals surface area contributed by atoms with Crippen molar-refractivity contribution in [2.24, 2.45) is 0 Å². The summed E-state index contributed by atoms with van der Waals surface area (Å²) in [6.07, 6.45) is 1.76. The van der Waals surface area contributed by atoms with Crippen LogP contribution in [0.4, 0.5) is 5.82 Å². The molecule has 4 heteroatoms. The van der Waals surface area contributed by atoms with Crippen LogP contribution in [-0.2, 0) is 6.61 Å². The fourth-order valence-electron chi connectivity index (χ4n) is 1.63. The molecule has 2 rings (SSSR count). The number of anilines is 1. The summed E-state index contributed by atoms with van der Waals surface area (Å²) in [4.78, 5) is 4.20. The molecule has 0 spiro atoms. The molecular formula is C15H15N3O. The summed E-state index contributed by atoms with van der Waals surface area (Å²) in [5, 5.41) is 11.9. The van der Waals surface area contributed by atoms with E-state index in [2.05, 4.69) is 16.4 Å². The number of benzene rings is 1. The fraction of sp³-hybridized carbons (Fsp3) is 0.200. The number of hydrogen-bond donors (Lipinski definition) is 1. The first-order valence-corrected chi connectivity index (χ1v) is 6.13. The van der Waals surface area contributed by atoms with Crippen molar-refractivity contribution in [3.8, 4) is 11.8 Å². The van der Waals surface area contributed by atoms with Crippen LogP contribution in [-0.4, -0.2) is 11.5 Å². The topological polar surface area (TPSA) is 57.9 Å². The van der Waals surface area contributed by atoms with E-state index in [1.165, 1.54) is 0 Å². The van der Waals surface area contributed by atoms with Gasteiger partial charge in [0.05, 0.1) is 11.6 Å². The molecule has 1 aromatic carbocycles. The summed E-state index contributed by atoms with van der Waals surface area (Å²) < 4.78 is 5.66. The summed E-state index contributed by atoms with van der Waals surface area (Å²) in [5.74, 6) is 1.60. The van der Waals surface area contributed by atoms with Crippen LogP contribution >= 0.6 is 0 Å². The van der Waals surface area contributed by atoms with E-state index in [1.54, 1.807) is 30.5 Å². The van der Waals surface area contributed by atoms with Crippen molar-refractivity contribution in [3.63, 3.8) is 0 Å². The zero-order valence-electron chi connectivity index (χ0n) is 10.8. The van der Waals surface area contributed by atoms with Crippen molar-refractivity contribution in [1.82, 2.24) is 4.98 Å². The molecule has 0 saturated carbocycles. The molecule has 0 saturated heterocycles. The Morgan fingerprint density at radius 3 is 2.74 bits per heavy atom. The molecule has 19 heavy (non-hydrogen) atoms. The van der Waals surface area contributed by atoms with E-state index < -0.39 is 0 Å². The van der Waals surface area contributed by atoms with Gasteiger partial charge in [-0.25, -0.2) is 4.98 Å². The number of ether oxygens (including phenoxy) is 1. The minimum atomic E-state index is 0.479. The molecule has 0 amide bonds. The maximum Gasteiger partial charge on any atom is 0.126 e. The molecule has 0 unspecified atom stereocenters. The largest absolute Gasteiger partial charge is 0.489 e. The van der Waals surface area contributed by atoms with Gasteiger partial charge in [0, 0.05) is 12.7 Å². The highest BCUT2D eigenvalue weighted by molar-refractivity contribution is 5.38. The number of rotatable bonds is 5. The molecular weight excluding hydrogens is 238 g/mol. The maximum absolute atomic E-state index is 8.71. The highest BCUT2D eigenvalue weighted by atomic mass is 16.5. The van der Waals surface area contributed by atoms with Gasteiger partial charge in [-0.2, -0.15) is 5.26 Å². The summed E-state index contributed by atoms with van der Waals surface area (Å²) in [5.41, 5.74) is 1.68. The van der Waals surface area contributed by atoms with Crippen molar-refractivity contribution >= 4 is 5.82 Å². The van der Waals surface area contributed by atoms with Gasteiger partial charge in [0.15, 0.2) is 0 Å². The third-order valence-electron chi connectivity index (χ3n) is 2.57. The van der Waals surface area contributed by atoms with E-state index in [1.807, 2.05) is 19.1 Å². The normalized spacial score (nSPS) is 9.68. The fourth-order valence-corrected chi connectivity index (χ4v) is 1.63. The predicted octanol–water partition coefficient (Wildman–Crippen LogP) is 2.96. The highest BCUT2D eigenvalue weighted by Gasteiger charge is 1.99. The van der Waals surface area contributed by atoms with E-state index in [-0.39, 0.29) is 0 Å². The first-order chi connectivity index (χ1) is 9.31. The van der Waals surface area contributed by atoms with Crippen LogP contribution < -0.4 is 10.1 Å².